The number of nitrogens with zero attached hydrogens (tertiary/aromatic N) is 2. The maximum absolute atomic E-state index is 12.1. The molecule has 0 saturated carbocycles. The minimum Gasteiger partial charge on any atom is -0.483 e. The van der Waals surface area contributed by atoms with Crippen molar-refractivity contribution >= 4 is 33.3 Å². The molecule has 0 spiro atoms. The van der Waals surface area contributed by atoms with Crippen LogP contribution in [0.3, 0.4) is 0 Å². The number of ketones is 1. The Morgan fingerprint density at radius 1 is 1.35 bits per heavy atom. The molecule has 23 heavy (non-hydrogen) atoms. The fourth-order valence-electron chi connectivity index (χ4n) is 2.18. The molecular weight excluding hydrogens is 362 g/mol. The van der Waals surface area contributed by atoms with Crippen molar-refractivity contribution < 1.29 is 14.3 Å². The van der Waals surface area contributed by atoms with Crippen molar-refractivity contribution in [1.82, 2.24) is 9.78 Å². The average molecular weight is 380 g/mol. The van der Waals surface area contributed by atoms with E-state index in [0.29, 0.717) is 17.0 Å². The van der Waals surface area contributed by atoms with Gasteiger partial charge in [0.15, 0.2) is 12.4 Å². The highest BCUT2D eigenvalue weighted by Crippen LogP contribution is 2.24. The third kappa shape index (κ3) is 3.98. The highest BCUT2D eigenvalue weighted by Gasteiger charge is 2.14. The Hall–Kier alpha value is -2.15. The van der Waals surface area contributed by atoms with E-state index in [1.807, 2.05) is 20.9 Å². The van der Waals surface area contributed by atoms with Gasteiger partial charge in [-0.05, 0) is 39.0 Å². The van der Waals surface area contributed by atoms with Gasteiger partial charge in [0.1, 0.15) is 5.75 Å². The summed E-state index contributed by atoms with van der Waals surface area (Å²) in [5, 5.41) is 7.03. The van der Waals surface area contributed by atoms with E-state index >= 15 is 0 Å². The van der Waals surface area contributed by atoms with Crippen LogP contribution in [0.25, 0.3) is 0 Å². The van der Waals surface area contributed by atoms with Crippen LogP contribution in [-0.2, 0) is 11.8 Å². The molecule has 0 aliphatic rings. The second-order valence-electron chi connectivity index (χ2n) is 5.20. The number of rotatable bonds is 5. The van der Waals surface area contributed by atoms with E-state index in [1.54, 1.807) is 22.9 Å². The van der Waals surface area contributed by atoms with Crippen LogP contribution in [0.1, 0.15) is 28.7 Å². The predicted molar refractivity (Wildman–Crippen MR) is 91.0 cm³/mol. The summed E-state index contributed by atoms with van der Waals surface area (Å²) in [5.41, 5.74) is 2.72. The summed E-state index contributed by atoms with van der Waals surface area (Å²) in [7, 11) is 1.81. The van der Waals surface area contributed by atoms with Crippen molar-refractivity contribution in [3.63, 3.8) is 0 Å². The first-order valence-electron chi connectivity index (χ1n) is 7.03. The molecule has 122 valence electrons. The third-order valence-corrected chi connectivity index (χ3v) is 3.95. The molecular formula is C16H18BrN3O3. The zero-order valence-corrected chi connectivity index (χ0v) is 15.0. The van der Waals surface area contributed by atoms with E-state index in [2.05, 4.69) is 26.3 Å². The van der Waals surface area contributed by atoms with E-state index in [4.69, 9.17) is 4.74 Å². The molecule has 0 atom stereocenters. The van der Waals surface area contributed by atoms with E-state index in [-0.39, 0.29) is 18.3 Å². The fourth-order valence-corrected chi connectivity index (χ4v) is 2.54. The van der Waals surface area contributed by atoms with Crippen molar-refractivity contribution in [2.75, 3.05) is 11.9 Å². The number of benzene rings is 1. The summed E-state index contributed by atoms with van der Waals surface area (Å²) >= 11 is 3.31. The number of carbonyl (C=O) groups is 2. The lowest BCUT2D eigenvalue weighted by Gasteiger charge is -2.11. The summed E-state index contributed by atoms with van der Waals surface area (Å²) in [6.45, 7) is 4.97. The molecule has 1 aromatic heterocycles. The molecule has 1 aromatic carbocycles. The van der Waals surface area contributed by atoms with Crippen LogP contribution in [0.2, 0.25) is 0 Å². The van der Waals surface area contributed by atoms with Gasteiger partial charge in [0.2, 0.25) is 0 Å². The largest absolute Gasteiger partial charge is 0.483 e. The molecule has 2 rings (SSSR count). The topological polar surface area (TPSA) is 73.2 Å². The van der Waals surface area contributed by atoms with E-state index in [0.717, 1.165) is 15.9 Å². The Morgan fingerprint density at radius 2 is 2.04 bits per heavy atom. The van der Waals surface area contributed by atoms with Crippen LogP contribution in [0.5, 0.6) is 5.75 Å². The number of hydrogen-bond donors (Lipinski definition) is 1. The number of hydrogen-bond acceptors (Lipinski definition) is 4. The average Bonchev–Trinajstić information content (AvgIpc) is 2.72. The molecule has 7 heteroatoms. The van der Waals surface area contributed by atoms with Crippen molar-refractivity contribution in [2.45, 2.75) is 20.8 Å². The lowest BCUT2D eigenvalue weighted by Crippen LogP contribution is -2.21. The quantitative estimate of drug-likeness (QED) is 0.810. The molecule has 0 radical (unpaired) electrons. The lowest BCUT2D eigenvalue weighted by atomic mass is 10.1. The summed E-state index contributed by atoms with van der Waals surface area (Å²) < 4.78 is 7.97. The minimum atomic E-state index is -0.304. The van der Waals surface area contributed by atoms with Crippen molar-refractivity contribution in [1.29, 1.82) is 0 Å². The third-order valence-electron chi connectivity index (χ3n) is 3.45. The van der Waals surface area contributed by atoms with E-state index in [1.165, 1.54) is 6.92 Å². The number of Topliss-reactive ketones (excluding diaryl/α,β-unsaturated/α-hetero) is 1. The highest BCUT2D eigenvalue weighted by molar-refractivity contribution is 9.10. The lowest BCUT2D eigenvalue weighted by molar-refractivity contribution is -0.118. The van der Waals surface area contributed by atoms with Gasteiger partial charge in [0, 0.05) is 11.5 Å². The van der Waals surface area contributed by atoms with Crippen LogP contribution >= 0.6 is 15.9 Å². The predicted octanol–water partition coefficient (Wildman–Crippen LogP) is 3.02. The maximum Gasteiger partial charge on any atom is 0.262 e. The molecule has 1 heterocycles. The standard InChI is InChI=1S/C16H18BrN3O3/c1-9-16(10(2)20(4)19-9)18-15(22)8-23-14-6-5-12(17)7-13(14)11(3)21/h5-7H,8H2,1-4H3,(H,18,22). The molecule has 0 aliphatic carbocycles. The Kier molecular flexibility index (Phi) is 5.20. The minimum absolute atomic E-state index is 0.124. The Morgan fingerprint density at radius 3 is 2.61 bits per heavy atom. The molecule has 2 aromatic rings. The second-order valence-corrected chi connectivity index (χ2v) is 6.12. The zero-order chi connectivity index (χ0) is 17.1. The van der Waals surface area contributed by atoms with Crippen LogP contribution in [0.4, 0.5) is 5.69 Å². The number of amides is 1. The first-order chi connectivity index (χ1) is 10.8. The van der Waals surface area contributed by atoms with Crippen molar-refractivity contribution in [3.05, 3.63) is 39.6 Å². The van der Waals surface area contributed by atoms with Gasteiger partial charge in [-0.1, -0.05) is 15.9 Å². The molecule has 1 amide bonds. The first-order valence-corrected chi connectivity index (χ1v) is 7.82. The van der Waals surface area contributed by atoms with Gasteiger partial charge in [-0.2, -0.15) is 5.10 Å². The molecule has 0 fully saturated rings. The van der Waals surface area contributed by atoms with Crippen molar-refractivity contribution in [3.8, 4) is 5.75 Å². The Bertz CT molecular complexity index is 768. The number of carbonyl (C=O) groups excluding carboxylic acids is 2. The summed E-state index contributed by atoms with van der Waals surface area (Å²) in [5.74, 6) is -0.0437. The SMILES string of the molecule is CC(=O)c1cc(Br)ccc1OCC(=O)Nc1c(C)nn(C)c1C. The fraction of sp³-hybridized carbons (Fsp3) is 0.312. The van der Waals surface area contributed by atoms with Gasteiger partial charge in [-0.25, -0.2) is 0 Å². The Balaban J connectivity index is 2.07. The molecule has 0 saturated heterocycles. The molecule has 0 bridgehead atoms. The van der Waals surface area contributed by atoms with Crippen LogP contribution in [0.15, 0.2) is 22.7 Å². The smallest absolute Gasteiger partial charge is 0.262 e. The number of ether oxygens (including phenoxy) is 1. The summed E-state index contributed by atoms with van der Waals surface area (Å²) in [6.07, 6.45) is 0. The number of halogens is 1. The molecule has 0 unspecified atom stereocenters. The number of anilines is 1. The highest BCUT2D eigenvalue weighted by atomic mass is 79.9. The summed E-state index contributed by atoms with van der Waals surface area (Å²) in [4.78, 5) is 23.7. The van der Waals surface area contributed by atoms with Gasteiger partial charge in [-0.15, -0.1) is 0 Å². The number of nitrogens with one attached hydrogen (secondary N) is 1. The van der Waals surface area contributed by atoms with Crippen LogP contribution in [0, 0.1) is 13.8 Å². The van der Waals surface area contributed by atoms with Gasteiger partial charge in [-0.3, -0.25) is 14.3 Å². The zero-order valence-electron chi connectivity index (χ0n) is 13.4. The second kappa shape index (κ2) is 6.95. The normalized spacial score (nSPS) is 10.5. The number of aryl methyl sites for hydroxylation is 2. The van der Waals surface area contributed by atoms with Gasteiger partial charge >= 0.3 is 0 Å². The van der Waals surface area contributed by atoms with Gasteiger partial charge in [0.05, 0.1) is 22.6 Å². The molecule has 1 N–H and O–H groups in total. The Labute approximate surface area is 143 Å². The van der Waals surface area contributed by atoms with Gasteiger partial charge in [0.25, 0.3) is 5.91 Å². The van der Waals surface area contributed by atoms with E-state index in [9.17, 15) is 9.59 Å². The van der Waals surface area contributed by atoms with Gasteiger partial charge < -0.3 is 10.1 Å². The van der Waals surface area contributed by atoms with E-state index < -0.39 is 0 Å². The van der Waals surface area contributed by atoms with Crippen LogP contribution in [-0.4, -0.2) is 28.1 Å². The monoisotopic (exact) mass is 379 g/mol. The van der Waals surface area contributed by atoms with Crippen molar-refractivity contribution in [2.24, 2.45) is 7.05 Å². The first kappa shape index (κ1) is 17.2. The molecule has 6 nitrogen and oxygen atoms in total. The summed E-state index contributed by atoms with van der Waals surface area (Å²) in [6, 6.07) is 5.09. The molecule has 0 aliphatic heterocycles. The maximum atomic E-state index is 12.1. The number of aromatic nitrogens is 2. The van der Waals surface area contributed by atoms with Crippen LogP contribution < -0.4 is 10.1 Å².